The molecule has 0 radical (unpaired) electrons. The third kappa shape index (κ3) is 3.19. The van der Waals surface area contributed by atoms with Gasteiger partial charge in [-0.2, -0.15) is 0 Å². The van der Waals surface area contributed by atoms with Crippen molar-refractivity contribution in [3.63, 3.8) is 0 Å². The minimum absolute atomic E-state index is 0.0976. The first kappa shape index (κ1) is 22.4. The normalized spacial score (nSPS) is 40.1. The molecule has 0 spiro atoms. The van der Waals surface area contributed by atoms with Crippen LogP contribution in [0.2, 0.25) is 0 Å². The third-order valence-corrected chi connectivity index (χ3v) is 12.7. The van der Waals surface area contributed by atoms with Gasteiger partial charge < -0.3 is 0 Å². The molecular formula is C28H38O3S. The van der Waals surface area contributed by atoms with Crippen molar-refractivity contribution in [2.24, 2.45) is 34.5 Å². The first-order valence-electron chi connectivity index (χ1n) is 12.6. The molecule has 4 aliphatic rings. The van der Waals surface area contributed by atoms with E-state index in [1.807, 2.05) is 32.1 Å². The Bertz CT molecular complexity index is 1050. The molecule has 4 heteroatoms. The van der Waals surface area contributed by atoms with Crippen LogP contribution >= 0.6 is 0 Å². The standard InChI is InChI=1S/C28H38O3S/c1-18-5-8-22(9-6-18)32(30,31)19(2)24-11-12-25-23-10-7-20-17-21(29)13-15-27(20,3)26(23)14-16-28(24,25)4/h5-6,8-9,17,19,23-26H,7,10-16H2,1-4H3/t19?,23-,24+,25-,26-,27-,28+/m0/s1. The second-order valence-corrected chi connectivity index (χ2v) is 14.1. The summed E-state index contributed by atoms with van der Waals surface area (Å²) in [7, 11) is -3.34. The zero-order chi connectivity index (χ0) is 22.9. The largest absolute Gasteiger partial charge is 0.295 e. The number of fused-ring (bicyclic) bond motifs is 5. The highest BCUT2D eigenvalue weighted by atomic mass is 32.2. The number of benzene rings is 1. The number of rotatable bonds is 3. The minimum atomic E-state index is -3.34. The SMILES string of the molecule is Cc1ccc(S(=O)(=O)C(C)[C@H]2CC[C@H]3[C@@H]4CCC5=CC(=O)CC[C@]5(C)[C@H]4CC[C@]23C)cc1. The second kappa shape index (κ2) is 7.55. The third-order valence-electron chi connectivity index (χ3n) is 10.4. The number of hydrogen-bond acceptors (Lipinski definition) is 3. The van der Waals surface area contributed by atoms with Gasteiger partial charge in [0.05, 0.1) is 10.1 Å². The molecule has 0 aromatic heterocycles. The van der Waals surface area contributed by atoms with E-state index in [2.05, 4.69) is 13.8 Å². The lowest BCUT2D eigenvalue weighted by Crippen LogP contribution is -2.51. The number of aryl methyl sites for hydroxylation is 1. The summed E-state index contributed by atoms with van der Waals surface area (Å²) in [5, 5.41) is -0.348. The quantitative estimate of drug-likeness (QED) is 0.538. The first-order valence-corrected chi connectivity index (χ1v) is 14.2. The van der Waals surface area contributed by atoms with Crippen LogP contribution in [-0.4, -0.2) is 19.5 Å². The van der Waals surface area contributed by atoms with E-state index in [4.69, 9.17) is 0 Å². The van der Waals surface area contributed by atoms with Crippen molar-refractivity contribution in [1.29, 1.82) is 0 Å². The van der Waals surface area contributed by atoms with Crippen LogP contribution < -0.4 is 0 Å². The summed E-state index contributed by atoms with van der Waals surface area (Å²) in [6, 6.07) is 7.39. The van der Waals surface area contributed by atoms with Crippen LogP contribution in [0.1, 0.15) is 77.7 Å². The van der Waals surface area contributed by atoms with Gasteiger partial charge >= 0.3 is 0 Å². The first-order chi connectivity index (χ1) is 15.1. The van der Waals surface area contributed by atoms with Crippen molar-refractivity contribution in [3.8, 4) is 0 Å². The number of allylic oxidation sites excluding steroid dienone is 1. The molecule has 3 fully saturated rings. The number of carbonyl (C=O) groups excluding carboxylic acids is 1. The fourth-order valence-electron chi connectivity index (χ4n) is 8.53. The molecule has 5 rings (SSSR count). The van der Waals surface area contributed by atoms with Gasteiger partial charge in [0.1, 0.15) is 0 Å². The molecule has 0 N–H and O–H groups in total. The van der Waals surface area contributed by atoms with E-state index in [0.717, 1.165) is 37.7 Å². The fourth-order valence-corrected chi connectivity index (χ4v) is 10.4. The summed E-state index contributed by atoms with van der Waals surface area (Å²) in [5.74, 6) is 2.46. The highest BCUT2D eigenvalue weighted by molar-refractivity contribution is 7.92. The topological polar surface area (TPSA) is 51.2 Å². The van der Waals surface area contributed by atoms with Gasteiger partial charge in [0.25, 0.3) is 0 Å². The highest BCUT2D eigenvalue weighted by Gasteiger charge is 2.60. The molecule has 32 heavy (non-hydrogen) atoms. The van der Waals surface area contributed by atoms with Crippen molar-refractivity contribution in [3.05, 3.63) is 41.5 Å². The van der Waals surface area contributed by atoms with Crippen LogP contribution in [0.5, 0.6) is 0 Å². The smallest absolute Gasteiger partial charge is 0.181 e. The Hall–Kier alpha value is -1.42. The van der Waals surface area contributed by atoms with E-state index < -0.39 is 9.84 Å². The molecule has 1 unspecified atom stereocenters. The molecule has 0 heterocycles. The van der Waals surface area contributed by atoms with Gasteiger partial charge in [0.2, 0.25) is 0 Å². The number of carbonyl (C=O) groups is 1. The predicted molar refractivity (Wildman–Crippen MR) is 128 cm³/mol. The van der Waals surface area contributed by atoms with E-state index in [1.165, 1.54) is 18.4 Å². The molecule has 7 atom stereocenters. The molecule has 3 nitrogen and oxygen atoms in total. The van der Waals surface area contributed by atoms with E-state index in [-0.39, 0.29) is 22.0 Å². The molecule has 0 bridgehead atoms. The van der Waals surface area contributed by atoms with Crippen LogP contribution in [0.15, 0.2) is 40.8 Å². The maximum atomic E-state index is 13.6. The summed E-state index contributed by atoms with van der Waals surface area (Å²) in [6.07, 6.45) is 10.4. The highest BCUT2D eigenvalue weighted by Crippen LogP contribution is 2.67. The van der Waals surface area contributed by atoms with Crippen LogP contribution in [-0.2, 0) is 14.6 Å². The van der Waals surface area contributed by atoms with Gasteiger partial charge in [0, 0.05) is 6.42 Å². The van der Waals surface area contributed by atoms with Crippen molar-refractivity contribution in [2.75, 3.05) is 0 Å². The van der Waals surface area contributed by atoms with Gasteiger partial charge in [-0.05, 0) is 112 Å². The lowest BCUT2D eigenvalue weighted by atomic mass is 9.47. The van der Waals surface area contributed by atoms with Crippen LogP contribution in [0.4, 0.5) is 0 Å². The summed E-state index contributed by atoms with van der Waals surface area (Å²) < 4.78 is 27.1. The Morgan fingerprint density at radius 1 is 0.938 bits per heavy atom. The molecule has 3 saturated carbocycles. The Kier molecular flexibility index (Phi) is 5.28. The van der Waals surface area contributed by atoms with E-state index in [9.17, 15) is 13.2 Å². The molecule has 4 aliphatic carbocycles. The van der Waals surface area contributed by atoms with Gasteiger partial charge in [-0.15, -0.1) is 0 Å². The number of ketones is 1. The Morgan fingerprint density at radius 3 is 2.38 bits per heavy atom. The molecule has 0 saturated heterocycles. The molecular weight excluding hydrogens is 416 g/mol. The Morgan fingerprint density at radius 2 is 1.66 bits per heavy atom. The van der Waals surface area contributed by atoms with E-state index in [0.29, 0.717) is 34.9 Å². The maximum absolute atomic E-state index is 13.6. The zero-order valence-corrected chi connectivity index (χ0v) is 20.9. The van der Waals surface area contributed by atoms with Crippen molar-refractivity contribution < 1.29 is 13.2 Å². The summed E-state index contributed by atoms with van der Waals surface area (Å²) >= 11 is 0. The van der Waals surface area contributed by atoms with Gasteiger partial charge in [-0.25, -0.2) is 8.42 Å². The second-order valence-electron chi connectivity index (χ2n) is 11.8. The van der Waals surface area contributed by atoms with Gasteiger partial charge in [-0.1, -0.05) is 37.1 Å². The fraction of sp³-hybridized carbons (Fsp3) is 0.679. The van der Waals surface area contributed by atoms with Crippen LogP contribution in [0.25, 0.3) is 0 Å². The molecule has 1 aromatic rings. The van der Waals surface area contributed by atoms with Gasteiger partial charge in [0.15, 0.2) is 15.6 Å². The average molecular weight is 455 g/mol. The zero-order valence-electron chi connectivity index (χ0n) is 20.1. The van der Waals surface area contributed by atoms with E-state index >= 15 is 0 Å². The van der Waals surface area contributed by atoms with Crippen molar-refractivity contribution >= 4 is 15.6 Å². The van der Waals surface area contributed by atoms with Crippen molar-refractivity contribution in [1.82, 2.24) is 0 Å². The Labute approximate surface area is 194 Å². The molecule has 0 amide bonds. The molecule has 0 aliphatic heterocycles. The number of sulfone groups is 1. The summed E-state index contributed by atoms with van der Waals surface area (Å²) in [5.41, 5.74) is 2.77. The Balaban J connectivity index is 1.42. The lowest BCUT2D eigenvalue weighted by Gasteiger charge is -2.58. The van der Waals surface area contributed by atoms with Crippen LogP contribution in [0.3, 0.4) is 0 Å². The summed E-state index contributed by atoms with van der Waals surface area (Å²) in [6.45, 7) is 8.79. The minimum Gasteiger partial charge on any atom is -0.295 e. The average Bonchev–Trinajstić information content (AvgIpc) is 3.11. The molecule has 174 valence electrons. The van der Waals surface area contributed by atoms with Crippen molar-refractivity contribution in [2.45, 2.75) is 89.2 Å². The molecule has 1 aromatic carbocycles. The summed E-state index contributed by atoms with van der Waals surface area (Å²) in [4.78, 5) is 12.5. The van der Waals surface area contributed by atoms with Gasteiger partial charge in [-0.3, -0.25) is 4.79 Å². The number of hydrogen-bond donors (Lipinski definition) is 0. The van der Waals surface area contributed by atoms with E-state index in [1.54, 1.807) is 12.1 Å². The maximum Gasteiger partial charge on any atom is 0.181 e. The predicted octanol–water partition coefficient (Wildman–Crippen LogP) is 6.31. The monoisotopic (exact) mass is 454 g/mol. The lowest BCUT2D eigenvalue weighted by molar-refractivity contribution is -0.117. The van der Waals surface area contributed by atoms with Crippen LogP contribution in [0, 0.1) is 41.4 Å².